The summed E-state index contributed by atoms with van der Waals surface area (Å²) < 4.78 is 11.0. The second-order valence-corrected chi connectivity index (χ2v) is 9.80. The van der Waals surface area contributed by atoms with Crippen molar-refractivity contribution in [1.29, 1.82) is 0 Å². The molecule has 0 spiro atoms. The van der Waals surface area contributed by atoms with Crippen LogP contribution in [-0.2, 0) is 16.1 Å². The smallest absolute Gasteiger partial charge is 0.410 e. The van der Waals surface area contributed by atoms with Gasteiger partial charge >= 0.3 is 12.2 Å². The summed E-state index contributed by atoms with van der Waals surface area (Å²) >= 11 is 0. The SMILES string of the molecule is C=CC[C@H](NC(=O)OCc1ccccc1)c1cccc(N2CCN(C(=O)OC(C)(C)C)C[C@H]2C=C)c1. The topological polar surface area (TPSA) is 71.1 Å². The number of nitrogens with one attached hydrogen (secondary N) is 1. The molecule has 7 nitrogen and oxygen atoms in total. The molecule has 0 unspecified atom stereocenters. The summed E-state index contributed by atoms with van der Waals surface area (Å²) in [4.78, 5) is 29.0. The van der Waals surface area contributed by atoms with Crippen LogP contribution in [0.3, 0.4) is 0 Å². The zero-order valence-corrected chi connectivity index (χ0v) is 21.5. The number of anilines is 1. The number of hydrogen-bond donors (Lipinski definition) is 1. The molecule has 1 N–H and O–H groups in total. The van der Waals surface area contributed by atoms with E-state index in [-0.39, 0.29) is 24.8 Å². The van der Waals surface area contributed by atoms with Crippen molar-refractivity contribution in [3.8, 4) is 0 Å². The minimum atomic E-state index is -0.540. The lowest BCUT2D eigenvalue weighted by molar-refractivity contribution is 0.0225. The molecule has 2 atom stereocenters. The van der Waals surface area contributed by atoms with Gasteiger partial charge in [-0.3, -0.25) is 0 Å². The molecule has 0 radical (unpaired) electrons. The number of rotatable bonds is 8. The number of piperazine rings is 1. The van der Waals surface area contributed by atoms with E-state index in [4.69, 9.17) is 9.47 Å². The number of ether oxygens (including phenoxy) is 2. The average molecular weight is 492 g/mol. The van der Waals surface area contributed by atoms with Crippen LogP contribution >= 0.6 is 0 Å². The number of nitrogens with zero attached hydrogens (tertiary/aromatic N) is 2. The fourth-order valence-corrected chi connectivity index (χ4v) is 4.10. The van der Waals surface area contributed by atoms with Crippen LogP contribution < -0.4 is 10.2 Å². The van der Waals surface area contributed by atoms with Gasteiger partial charge < -0.3 is 24.6 Å². The van der Waals surface area contributed by atoms with Crippen LogP contribution in [0.4, 0.5) is 15.3 Å². The Balaban J connectivity index is 1.68. The highest BCUT2D eigenvalue weighted by molar-refractivity contribution is 5.69. The zero-order valence-electron chi connectivity index (χ0n) is 21.5. The van der Waals surface area contributed by atoms with E-state index in [1.807, 2.05) is 75.4 Å². The zero-order chi connectivity index (χ0) is 26.1. The summed E-state index contributed by atoms with van der Waals surface area (Å²) in [6, 6.07) is 17.3. The van der Waals surface area contributed by atoms with Crippen molar-refractivity contribution in [1.82, 2.24) is 10.2 Å². The van der Waals surface area contributed by atoms with E-state index < -0.39 is 11.7 Å². The van der Waals surface area contributed by atoms with Crippen LogP contribution in [0.15, 0.2) is 79.9 Å². The van der Waals surface area contributed by atoms with Crippen molar-refractivity contribution in [3.05, 3.63) is 91.0 Å². The lowest BCUT2D eigenvalue weighted by atomic mass is 10.0. The third kappa shape index (κ3) is 7.63. The van der Waals surface area contributed by atoms with E-state index in [0.717, 1.165) is 16.8 Å². The molecule has 0 saturated carbocycles. The van der Waals surface area contributed by atoms with Crippen molar-refractivity contribution in [2.75, 3.05) is 24.5 Å². The molecule has 36 heavy (non-hydrogen) atoms. The maximum absolute atomic E-state index is 12.6. The monoisotopic (exact) mass is 491 g/mol. The molecular formula is C29H37N3O4. The molecular weight excluding hydrogens is 454 g/mol. The fraction of sp³-hybridized carbons (Fsp3) is 0.379. The second kappa shape index (κ2) is 12.3. The van der Waals surface area contributed by atoms with Crippen molar-refractivity contribution < 1.29 is 19.1 Å². The molecule has 2 aromatic rings. The average Bonchev–Trinajstić information content (AvgIpc) is 2.86. The Morgan fingerprint density at radius 2 is 1.86 bits per heavy atom. The van der Waals surface area contributed by atoms with Gasteiger partial charge in [0.2, 0.25) is 0 Å². The summed E-state index contributed by atoms with van der Waals surface area (Å²) in [5.74, 6) is 0. The van der Waals surface area contributed by atoms with Crippen LogP contribution in [-0.4, -0.2) is 48.4 Å². The molecule has 192 valence electrons. The van der Waals surface area contributed by atoms with E-state index in [9.17, 15) is 9.59 Å². The lowest BCUT2D eigenvalue weighted by Crippen LogP contribution is -2.55. The predicted molar refractivity (Wildman–Crippen MR) is 143 cm³/mol. The molecule has 1 heterocycles. The first-order valence-electron chi connectivity index (χ1n) is 12.3. The molecule has 0 aromatic heterocycles. The van der Waals surface area contributed by atoms with Crippen LogP contribution in [0, 0.1) is 0 Å². The normalized spacial score (nSPS) is 16.6. The highest BCUT2D eigenvalue weighted by atomic mass is 16.6. The Morgan fingerprint density at radius 1 is 1.11 bits per heavy atom. The van der Waals surface area contributed by atoms with Crippen molar-refractivity contribution >= 4 is 17.9 Å². The highest BCUT2D eigenvalue weighted by Gasteiger charge is 2.31. The standard InChI is InChI=1S/C29H37N3O4/c1-6-12-26(30-27(33)35-21-22-13-9-8-10-14-22)23-15-11-16-25(19-23)32-18-17-31(20-24(32)7-2)28(34)36-29(3,4)5/h6-11,13-16,19,24,26H,1-2,12,17-18,20-21H2,3-5H3,(H,30,33)/t24-,26+/m1/s1. The van der Waals surface area contributed by atoms with Gasteiger partial charge in [-0.05, 0) is 50.5 Å². The van der Waals surface area contributed by atoms with Gasteiger partial charge in [0.05, 0.1) is 12.1 Å². The van der Waals surface area contributed by atoms with Gasteiger partial charge in [0.1, 0.15) is 12.2 Å². The van der Waals surface area contributed by atoms with Gasteiger partial charge in [0.25, 0.3) is 0 Å². The van der Waals surface area contributed by atoms with Crippen molar-refractivity contribution in [2.45, 2.75) is 51.5 Å². The highest BCUT2D eigenvalue weighted by Crippen LogP contribution is 2.27. The first kappa shape index (κ1) is 26.9. The van der Waals surface area contributed by atoms with Crippen LogP contribution in [0.5, 0.6) is 0 Å². The van der Waals surface area contributed by atoms with E-state index in [0.29, 0.717) is 26.1 Å². The maximum atomic E-state index is 12.6. The van der Waals surface area contributed by atoms with Crippen molar-refractivity contribution in [3.63, 3.8) is 0 Å². The Kier molecular flexibility index (Phi) is 9.17. The molecule has 7 heteroatoms. The largest absolute Gasteiger partial charge is 0.445 e. The van der Waals surface area contributed by atoms with Gasteiger partial charge in [-0.15, -0.1) is 13.2 Å². The van der Waals surface area contributed by atoms with Gasteiger partial charge in [-0.1, -0.05) is 54.6 Å². The Bertz CT molecular complexity index is 1050. The Labute approximate surface area is 214 Å². The number of benzene rings is 2. The maximum Gasteiger partial charge on any atom is 0.410 e. The minimum absolute atomic E-state index is 0.0665. The summed E-state index contributed by atoms with van der Waals surface area (Å²) in [5.41, 5.74) is 2.33. The van der Waals surface area contributed by atoms with E-state index in [1.54, 1.807) is 11.0 Å². The molecule has 2 amide bonds. The van der Waals surface area contributed by atoms with Crippen LogP contribution in [0.25, 0.3) is 0 Å². The molecule has 0 aliphatic carbocycles. The molecule has 1 aliphatic rings. The van der Waals surface area contributed by atoms with Gasteiger partial charge in [0, 0.05) is 25.3 Å². The number of amides is 2. The van der Waals surface area contributed by atoms with E-state index >= 15 is 0 Å². The molecule has 3 rings (SSSR count). The van der Waals surface area contributed by atoms with Crippen molar-refractivity contribution in [2.24, 2.45) is 0 Å². The summed E-state index contributed by atoms with van der Waals surface area (Å²) in [7, 11) is 0. The molecule has 1 fully saturated rings. The van der Waals surface area contributed by atoms with Gasteiger partial charge in [0.15, 0.2) is 0 Å². The number of carbonyl (C=O) groups is 2. The molecule has 1 saturated heterocycles. The predicted octanol–water partition coefficient (Wildman–Crippen LogP) is 5.84. The van der Waals surface area contributed by atoms with E-state index in [1.165, 1.54) is 0 Å². The first-order valence-corrected chi connectivity index (χ1v) is 12.3. The molecule has 0 bridgehead atoms. The Morgan fingerprint density at radius 3 is 2.53 bits per heavy atom. The van der Waals surface area contributed by atoms with Gasteiger partial charge in [-0.25, -0.2) is 9.59 Å². The van der Waals surface area contributed by atoms with Crippen LogP contribution in [0.1, 0.15) is 44.4 Å². The second-order valence-electron chi connectivity index (χ2n) is 9.80. The number of alkyl carbamates (subject to hydrolysis) is 1. The lowest BCUT2D eigenvalue weighted by Gasteiger charge is -2.42. The van der Waals surface area contributed by atoms with Crippen LogP contribution in [0.2, 0.25) is 0 Å². The van der Waals surface area contributed by atoms with E-state index in [2.05, 4.69) is 29.4 Å². The van der Waals surface area contributed by atoms with Gasteiger partial charge in [-0.2, -0.15) is 0 Å². The quantitative estimate of drug-likeness (QED) is 0.470. The number of carbonyl (C=O) groups excluding carboxylic acids is 2. The fourth-order valence-electron chi connectivity index (χ4n) is 4.10. The summed E-state index contributed by atoms with van der Waals surface area (Å²) in [6.07, 6.45) is 3.39. The summed E-state index contributed by atoms with van der Waals surface area (Å²) in [5, 5.41) is 2.96. The third-order valence-corrected chi connectivity index (χ3v) is 5.85. The summed E-state index contributed by atoms with van der Waals surface area (Å²) in [6.45, 7) is 15.3. The third-order valence-electron chi connectivity index (χ3n) is 5.85. The minimum Gasteiger partial charge on any atom is -0.445 e. The first-order chi connectivity index (χ1) is 17.2. The molecule has 2 aromatic carbocycles. The Hall–Kier alpha value is -3.74. The number of hydrogen-bond acceptors (Lipinski definition) is 5. The molecule has 1 aliphatic heterocycles.